The van der Waals surface area contributed by atoms with E-state index in [0.29, 0.717) is 0 Å². The molecule has 1 heterocycles. The number of rotatable bonds is 6. The van der Waals surface area contributed by atoms with E-state index in [1.165, 1.54) is 5.56 Å². The van der Waals surface area contributed by atoms with Crippen LogP contribution in [0.2, 0.25) is 0 Å². The molecule has 112 valence electrons. The van der Waals surface area contributed by atoms with Crippen molar-refractivity contribution < 1.29 is 4.74 Å². The minimum absolute atomic E-state index is 0.201. The summed E-state index contributed by atoms with van der Waals surface area (Å²) in [5, 5.41) is 3.43. The molecule has 1 N–H and O–H groups in total. The van der Waals surface area contributed by atoms with Crippen molar-refractivity contribution in [3.05, 3.63) is 48.3 Å². The number of anilines is 2. The van der Waals surface area contributed by atoms with Crippen LogP contribution in [0.25, 0.3) is 0 Å². The highest BCUT2D eigenvalue weighted by molar-refractivity contribution is 5.68. The molecule has 0 saturated carbocycles. The fourth-order valence-corrected chi connectivity index (χ4v) is 2.07. The van der Waals surface area contributed by atoms with E-state index in [2.05, 4.69) is 27.3 Å². The van der Waals surface area contributed by atoms with Gasteiger partial charge in [-0.25, -0.2) is 0 Å². The third-order valence-corrected chi connectivity index (χ3v) is 3.06. The molecule has 0 radical (unpaired) electrons. The Hall–Kier alpha value is -2.23. The number of nitrogens with zero attached hydrogens (tertiary/aromatic N) is 2. The molecule has 0 saturated heterocycles. The number of hydrogen-bond acceptors (Lipinski definition) is 4. The topological polar surface area (TPSA) is 37.4 Å². The minimum atomic E-state index is 0.201. The van der Waals surface area contributed by atoms with Gasteiger partial charge in [-0.1, -0.05) is 12.1 Å². The Morgan fingerprint density at radius 1 is 1.14 bits per heavy atom. The summed E-state index contributed by atoms with van der Waals surface area (Å²) in [7, 11) is 4.05. The van der Waals surface area contributed by atoms with E-state index in [4.69, 9.17) is 4.74 Å². The van der Waals surface area contributed by atoms with Crippen molar-refractivity contribution in [3.63, 3.8) is 0 Å². The molecule has 2 rings (SSSR count). The largest absolute Gasteiger partial charge is 0.491 e. The summed E-state index contributed by atoms with van der Waals surface area (Å²) < 4.78 is 5.65. The van der Waals surface area contributed by atoms with Crippen molar-refractivity contribution in [2.45, 2.75) is 26.5 Å². The first-order valence-corrected chi connectivity index (χ1v) is 7.17. The zero-order valence-corrected chi connectivity index (χ0v) is 13.1. The van der Waals surface area contributed by atoms with E-state index >= 15 is 0 Å². The van der Waals surface area contributed by atoms with Crippen LogP contribution in [0, 0.1) is 0 Å². The molecule has 0 amide bonds. The van der Waals surface area contributed by atoms with Gasteiger partial charge in [-0.3, -0.25) is 4.98 Å². The highest BCUT2D eigenvalue weighted by atomic mass is 16.5. The fraction of sp³-hybridized carbons (Fsp3) is 0.353. The van der Waals surface area contributed by atoms with E-state index in [9.17, 15) is 0 Å². The molecule has 0 aliphatic heterocycles. The average Bonchev–Trinajstić information content (AvgIpc) is 2.46. The molecule has 0 bridgehead atoms. The van der Waals surface area contributed by atoms with Crippen molar-refractivity contribution >= 4 is 11.4 Å². The van der Waals surface area contributed by atoms with Crippen molar-refractivity contribution in [2.75, 3.05) is 24.3 Å². The van der Waals surface area contributed by atoms with Gasteiger partial charge >= 0.3 is 0 Å². The van der Waals surface area contributed by atoms with Gasteiger partial charge in [0.2, 0.25) is 0 Å². The molecule has 0 atom stereocenters. The maximum absolute atomic E-state index is 5.65. The number of aromatic nitrogens is 1. The Morgan fingerprint density at radius 3 is 2.48 bits per heavy atom. The van der Waals surface area contributed by atoms with Crippen molar-refractivity contribution in [1.82, 2.24) is 4.98 Å². The minimum Gasteiger partial charge on any atom is -0.491 e. The van der Waals surface area contributed by atoms with Crippen LogP contribution >= 0.6 is 0 Å². The van der Waals surface area contributed by atoms with Crippen LogP contribution in [-0.4, -0.2) is 25.2 Å². The molecule has 0 fully saturated rings. The third kappa shape index (κ3) is 4.38. The quantitative estimate of drug-likeness (QED) is 0.881. The molecule has 0 aliphatic rings. The van der Waals surface area contributed by atoms with E-state index in [-0.39, 0.29) is 6.10 Å². The molecule has 21 heavy (non-hydrogen) atoms. The molecule has 2 aromatic rings. The van der Waals surface area contributed by atoms with Gasteiger partial charge in [0.25, 0.3) is 0 Å². The second-order valence-electron chi connectivity index (χ2n) is 5.45. The molecular weight excluding hydrogens is 262 g/mol. The standard InChI is InChI=1S/C17H23N3O/c1-13(2)21-15-7-5-14(6-8-15)11-19-16-12-18-10-9-17(16)20(3)4/h5-10,12-13,19H,11H2,1-4H3. The van der Waals surface area contributed by atoms with E-state index in [1.807, 2.05) is 52.3 Å². The molecule has 4 nitrogen and oxygen atoms in total. The van der Waals surface area contributed by atoms with Crippen molar-refractivity contribution in [1.29, 1.82) is 0 Å². The molecule has 1 aromatic carbocycles. The van der Waals surface area contributed by atoms with Gasteiger partial charge in [0.1, 0.15) is 5.75 Å². The summed E-state index contributed by atoms with van der Waals surface area (Å²) in [6.07, 6.45) is 3.86. The second kappa shape index (κ2) is 6.97. The lowest BCUT2D eigenvalue weighted by atomic mass is 10.2. The first-order chi connectivity index (χ1) is 10.1. The van der Waals surface area contributed by atoms with Crippen LogP contribution in [0.5, 0.6) is 5.75 Å². The van der Waals surface area contributed by atoms with Gasteiger partial charge in [0.05, 0.1) is 23.7 Å². The van der Waals surface area contributed by atoms with E-state index in [1.54, 1.807) is 6.20 Å². The van der Waals surface area contributed by atoms with Crippen molar-refractivity contribution in [3.8, 4) is 5.75 Å². The SMILES string of the molecule is CC(C)Oc1ccc(CNc2cnccc2N(C)C)cc1. The summed E-state index contributed by atoms with van der Waals surface area (Å²) in [5.74, 6) is 0.907. The molecule has 0 aliphatic carbocycles. The summed E-state index contributed by atoms with van der Waals surface area (Å²) in [5.41, 5.74) is 3.37. The summed E-state index contributed by atoms with van der Waals surface area (Å²) >= 11 is 0. The van der Waals surface area contributed by atoms with Crippen LogP contribution in [0.1, 0.15) is 19.4 Å². The first kappa shape index (κ1) is 15.2. The van der Waals surface area contributed by atoms with Crippen LogP contribution in [0.3, 0.4) is 0 Å². The number of benzene rings is 1. The number of ether oxygens (including phenoxy) is 1. The lowest BCUT2D eigenvalue weighted by molar-refractivity contribution is 0.242. The van der Waals surface area contributed by atoms with Gasteiger partial charge in [-0.2, -0.15) is 0 Å². The smallest absolute Gasteiger partial charge is 0.119 e. The number of pyridine rings is 1. The molecule has 0 spiro atoms. The number of nitrogens with one attached hydrogen (secondary N) is 1. The highest BCUT2D eigenvalue weighted by Crippen LogP contribution is 2.23. The predicted octanol–water partition coefficient (Wildman–Crippen LogP) is 3.55. The normalized spacial score (nSPS) is 10.5. The Labute approximate surface area is 126 Å². The Balaban J connectivity index is 2.00. The van der Waals surface area contributed by atoms with E-state index < -0.39 is 0 Å². The van der Waals surface area contributed by atoms with Gasteiger partial charge in [-0.05, 0) is 37.6 Å². The predicted molar refractivity (Wildman–Crippen MR) is 88.1 cm³/mol. The zero-order valence-electron chi connectivity index (χ0n) is 13.1. The first-order valence-electron chi connectivity index (χ1n) is 7.17. The lowest BCUT2D eigenvalue weighted by Crippen LogP contribution is -2.12. The number of hydrogen-bond donors (Lipinski definition) is 1. The van der Waals surface area contributed by atoms with Crippen LogP contribution < -0.4 is 15.0 Å². The van der Waals surface area contributed by atoms with Crippen LogP contribution in [-0.2, 0) is 6.54 Å². The third-order valence-electron chi connectivity index (χ3n) is 3.06. The van der Waals surface area contributed by atoms with Gasteiger partial charge in [0.15, 0.2) is 0 Å². The Morgan fingerprint density at radius 2 is 1.86 bits per heavy atom. The maximum Gasteiger partial charge on any atom is 0.119 e. The molecule has 4 heteroatoms. The van der Waals surface area contributed by atoms with Crippen LogP contribution in [0.4, 0.5) is 11.4 Å². The maximum atomic E-state index is 5.65. The summed E-state index contributed by atoms with van der Waals surface area (Å²) in [6.45, 7) is 4.82. The lowest BCUT2D eigenvalue weighted by Gasteiger charge is -2.18. The van der Waals surface area contributed by atoms with E-state index in [0.717, 1.165) is 23.7 Å². The fourth-order valence-electron chi connectivity index (χ4n) is 2.07. The van der Waals surface area contributed by atoms with Gasteiger partial charge in [0, 0.05) is 26.8 Å². The van der Waals surface area contributed by atoms with Gasteiger partial charge in [-0.15, -0.1) is 0 Å². The van der Waals surface area contributed by atoms with Crippen molar-refractivity contribution in [2.24, 2.45) is 0 Å². The molecule has 0 unspecified atom stereocenters. The van der Waals surface area contributed by atoms with Gasteiger partial charge < -0.3 is 15.0 Å². The Bertz CT molecular complexity index is 565. The molecule has 1 aromatic heterocycles. The summed E-state index contributed by atoms with van der Waals surface area (Å²) in [4.78, 5) is 6.25. The monoisotopic (exact) mass is 285 g/mol. The van der Waals surface area contributed by atoms with Crippen LogP contribution in [0.15, 0.2) is 42.7 Å². The zero-order chi connectivity index (χ0) is 15.2. The highest BCUT2D eigenvalue weighted by Gasteiger charge is 2.04. The second-order valence-corrected chi connectivity index (χ2v) is 5.45. The summed E-state index contributed by atoms with van der Waals surface area (Å²) in [6, 6.07) is 10.2. The molecular formula is C17H23N3O. The average molecular weight is 285 g/mol. The Kier molecular flexibility index (Phi) is 5.04.